The minimum Gasteiger partial charge on any atom is -0.443 e. The van der Waals surface area contributed by atoms with E-state index in [1.807, 2.05) is 24.3 Å². The highest BCUT2D eigenvalue weighted by molar-refractivity contribution is 9.10. The summed E-state index contributed by atoms with van der Waals surface area (Å²) in [6.07, 6.45) is 3.14. The van der Waals surface area contributed by atoms with Crippen LogP contribution in [0.3, 0.4) is 0 Å². The van der Waals surface area contributed by atoms with Crippen molar-refractivity contribution in [3.8, 4) is 0 Å². The molecule has 0 saturated carbocycles. The zero-order valence-corrected chi connectivity index (χ0v) is 29.6. The van der Waals surface area contributed by atoms with Crippen molar-refractivity contribution in [3.05, 3.63) is 86.8 Å². The maximum absolute atomic E-state index is 14.2. The number of ether oxygens (including phenoxy) is 1. The second-order valence-corrected chi connectivity index (χ2v) is 16.8. The predicted octanol–water partition coefficient (Wildman–Crippen LogP) is 5.57. The number of hydrogen-bond acceptors (Lipinski definition) is 7. The number of aryl methyl sites for hydroxylation is 1. The lowest BCUT2D eigenvalue weighted by atomic mass is 10.2. The summed E-state index contributed by atoms with van der Waals surface area (Å²) < 4.78 is 64.5. The lowest BCUT2D eigenvalue weighted by Crippen LogP contribution is -2.48. The molecule has 0 aliphatic rings. The highest BCUT2D eigenvalue weighted by Gasteiger charge is 2.36. The van der Waals surface area contributed by atoms with E-state index in [0.29, 0.717) is 30.5 Å². The number of benzene rings is 2. The topological polar surface area (TPSA) is 122 Å². The lowest BCUT2D eigenvalue weighted by Gasteiger charge is -2.32. The first-order valence-electron chi connectivity index (χ1n) is 13.4. The van der Waals surface area contributed by atoms with Crippen molar-refractivity contribution in [1.82, 2.24) is 21.9 Å². The van der Waals surface area contributed by atoms with Gasteiger partial charge in [-0.1, -0.05) is 56.1 Å². The summed E-state index contributed by atoms with van der Waals surface area (Å²) in [5, 5.41) is 0. The SMILES string of the molecule is CN(C)S(=O)(=O)n1cnc(CCCCN(Cc2ccc(Br)cc2)S(=O)(=O)N(Cc2ccc(Br)cc2)C(=O)OC(C)(C)C)c1. The van der Waals surface area contributed by atoms with Crippen molar-refractivity contribution in [1.29, 1.82) is 0 Å². The number of unbranched alkanes of at least 4 members (excludes halogenated alkanes) is 1. The monoisotopic (exact) mass is 761 g/mol. The van der Waals surface area contributed by atoms with E-state index >= 15 is 0 Å². The Hall–Kier alpha value is -2.30. The second kappa shape index (κ2) is 14.7. The average molecular weight is 764 g/mol. The summed E-state index contributed by atoms with van der Waals surface area (Å²) in [4.78, 5) is 17.5. The van der Waals surface area contributed by atoms with Crippen LogP contribution in [0.1, 0.15) is 50.4 Å². The molecule has 43 heavy (non-hydrogen) atoms. The maximum Gasteiger partial charge on any atom is 0.425 e. The van der Waals surface area contributed by atoms with Crippen LogP contribution in [0.25, 0.3) is 0 Å². The third-order valence-electron chi connectivity index (χ3n) is 6.15. The number of carbonyl (C=O) groups excluding carboxylic acids is 1. The van der Waals surface area contributed by atoms with Gasteiger partial charge in [-0.3, -0.25) is 0 Å². The Morgan fingerprint density at radius 1 is 0.884 bits per heavy atom. The molecule has 15 heteroatoms. The first-order valence-corrected chi connectivity index (χ1v) is 17.8. The van der Waals surface area contributed by atoms with Crippen LogP contribution in [0.15, 0.2) is 70.0 Å². The van der Waals surface area contributed by atoms with Gasteiger partial charge in [0.15, 0.2) is 0 Å². The molecule has 0 bridgehead atoms. The molecule has 2 aromatic carbocycles. The van der Waals surface area contributed by atoms with Gasteiger partial charge in [0.25, 0.3) is 0 Å². The van der Waals surface area contributed by atoms with E-state index < -0.39 is 32.1 Å². The smallest absolute Gasteiger partial charge is 0.425 e. The Labute approximate surface area is 271 Å². The average Bonchev–Trinajstić information content (AvgIpc) is 3.39. The number of carbonyl (C=O) groups is 1. The maximum atomic E-state index is 14.2. The summed E-state index contributed by atoms with van der Waals surface area (Å²) in [5.41, 5.74) is 1.01. The van der Waals surface area contributed by atoms with Crippen molar-refractivity contribution in [2.24, 2.45) is 0 Å². The first-order chi connectivity index (χ1) is 20.0. The molecule has 0 unspecified atom stereocenters. The van der Waals surface area contributed by atoms with Gasteiger partial charge in [-0.25, -0.2) is 13.8 Å². The van der Waals surface area contributed by atoms with Gasteiger partial charge in [-0.15, -0.1) is 0 Å². The zero-order valence-electron chi connectivity index (χ0n) is 24.8. The Morgan fingerprint density at radius 3 is 1.93 bits per heavy atom. The molecule has 11 nitrogen and oxygen atoms in total. The summed E-state index contributed by atoms with van der Waals surface area (Å²) in [7, 11) is -5.15. The molecule has 236 valence electrons. The third-order valence-corrected chi connectivity index (χ3v) is 10.7. The molecule has 1 aromatic heterocycles. The van der Waals surface area contributed by atoms with Crippen LogP contribution >= 0.6 is 31.9 Å². The van der Waals surface area contributed by atoms with Crippen LogP contribution in [0.4, 0.5) is 4.79 Å². The van der Waals surface area contributed by atoms with Crippen LogP contribution < -0.4 is 0 Å². The Balaban J connectivity index is 1.85. The van der Waals surface area contributed by atoms with Gasteiger partial charge < -0.3 is 4.74 Å². The molecule has 3 rings (SSSR count). The van der Waals surface area contributed by atoms with Gasteiger partial charge in [0.2, 0.25) is 0 Å². The van der Waals surface area contributed by atoms with Crippen LogP contribution in [0.5, 0.6) is 0 Å². The van der Waals surface area contributed by atoms with Gasteiger partial charge in [0.1, 0.15) is 11.9 Å². The van der Waals surface area contributed by atoms with Crippen LogP contribution in [-0.2, 0) is 44.7 Å². The number of nitrogens with zero attached hydrogens (tertiary/aromatic N) is 5. The molecular formula is C28H37Br2N5O6S2. The van der Waals surface area contributed by atoms with Crippen molar-refractivity contribution in [2.45, 2.75) is 58.7 Å². The second-order valence-electron chi connectivity index (χ2n) is 11.0. The van der Waals surface area contributed by atoms with E-state index in [2.05, 4.69) is 36.8 Å². The summed E-state index contributed by atoms with van der Waals surface area (Å²) in [5.74, 6) is 0. The summed E-state index contributed by atoms with van der Waals surface area (Å²) >= 11 is 6.79. The molecule has 0 saturated heterocycles. The number of aromatic nitrogens is 2. The molecule has 1 amide bonds. The third kappa shape index (κ3) is 10.1. The molecular weight excluding hydrogens is 726 g/mol. The number of halogens is 2. The normalized spacial score (nSPS) is 12.6. The quantitative estimate of drug-likeness (QED) is 0.209. The first kappa shape index (κ1) is 35.2. The van der Waals surface area contributed by atoms with Gasteiger partial charge in [-0.2, -0.15) is 29.8 Å². The molecule has 0 radical (unpaired) electrons. The van der Waals surface area contributed by atoms with Crippen molar-refractivity contribution in [2.75, 3.05) is 20.6 Å². The van der Waals surface area contributed by atoms with Crippen LogP contribution in [0.2, 0.25) is 0 Å². The van der Waals surface area contributed by atoms with E-state index in [9.17, 15) is 21.6 Å². The van der Waals surface area contributed by atoms with Crippen molar-refractivity contribution in [3.63, 3.8) is 0 Å². The van der Waals surface area contributed by atoms with Gasteiger partial charge in [-0.05, 0) is 75.4 Å². The van der Waals surface area contributed by atoms with Crippen molar-refractivity contribution < 1.29 is 26.4 Å². The lowest BCUT2D eigenvalue weighted by molar-refractivity contribution is 0.0371. The van der Waals surface area contributed by atoms with Gasteiger partial charge in [0, 0.05) is 42.3 Å². The molecule has 1 heterocycles. The Morgan fingerprint density at radius 2 is 1.42 bits per heavy atom. The number of amides is 1. The van der Waals surface area contributed by atoms with Crippen LogP contribution in [0, 0.1) is 0 Å². The van der Waals surface area contributed by atoms with Crippen molar-refractivity contribution >= 4 is 58.4 Å². The van der Waals surface area contributed by atoms with E-state index in [1.54, 1.807) is 45.0 Å². The zero-order chi connectivity index (χ0) is 32.0. The van der Waals surface area contributed by atoms with Crippen LogP contribution in [-0.4, -0.2) is 71.0 Å². The minimum absolute atomic E-state index is 0.0327. The molecule has 3 aromatic rings. The number of imidazole rings is 1. The fourth-order valence-corrected chi connectivity index (χ4v) is 6.72. The van der Waals surface area contributed by atoms with E-state index in [-0.39, 0.29) is 19.6 Å². The van der Waals surface area contributed by atoms with E-state index in [4.69, 9.17) is 4.74 Å². The molecule has 0 fully saturated rings. The Kier molecular flexibility index (Phi) is 12.0. The predicted molar refractivity (Wildman–Crippen MR) is 173 cm³/mol. The number of hydrogen-bond donors (Lipinski definition) is 0. The van der Waals surface area contributed by atoms with Gasteiger partial charge in [0.05, 0.1) is 12.2 Å². The van der Waals surface area contributed by atoms with Gasteiger partial charge >= 0.3 is 26.5 Å². The number of rotatable bonds is 13. The molecule has 0 atom stereocenters. The molecule has 0 aliphatic carbocycles. The molecule has 0 aliphatic heterocycles. The largest absolute Gasteiger partial charge is 0.443 e. The molecule has 0 spiro atoms. The minimum atomic E-state index is -4.36. The summed E-state index contributed by atoms with van der Waals surface area (Å²) in [6, 6.07) is 14.3. The standard InChI is InChI=1S/C28H37Br2N5O6S2/c1-28(2,3)41-27(36)35(19-23-11-15-25(30)16-12-23)43(39,40)33(18-22-9-13-24(29)14-10-22)17-7-6-8-26-20-34(21-31-26)42(37,38)32(4)5/h9-16,20-21H,6-8,17-19H2,1-5H3. The Bertz CT molecular complexity index is 1590. The fraction of sp³-hybridized carbons (Fsp3) is 0.429. The summed E-state index contributed by atoms with van der Waals surface area (Å²) in [6.45, 7) is 4.97. The van der Waals surface area contributed by atoms with E-state index in [0.717, 1.165) is 27.1 Å². The molecule has 0 N–H and O–H groups in total. The highest BCUT2D eigenvalue weighted by atomic mass is 79.9. The fourth-order valence-electron chi connectivity index (χ4n) is 3.90. The highest BCUT2D eigenvalue weighted by Crippen LogP contribution is 2.23. The van der Waals surface area contributed by atoms with E-state index in [1.165, 1.54) is 30.9 Å².